The van der Waals surface area contributed by atoms with Gasteiger partial charge in [0.1, 0.15) is 0 Å². The molecule has 72 valence electrons. The first kappa shape index (κ1) is 10.0. The van der Waals surface area contributed by atoms with Gasteiger partial charge in [-0.05, 0) is 12.8 Å². The molecule has 1 saturated carbocycles. The lowest BCUT2D eigenvalue weighted by Crippen LogP contribution is -2.26. The first-order chi connectivity index (χ1) is 6.22. The Morgan fingerprint density at radius 3 is 2.54 bits per heavy atom. The fraction of sp³-hybridized carbons (Fsp3) is 0.800. The molecule has 3 nitrogen and oxygen atoms in total. The van der Waals surface area contributed by atoms with E-state index in [0.717, 1.165) is 25.7 Å². The number of rotatable bonds is 2. The maximum Gasteiger partial charge on any atom is 0.307 e. The van der Waals surface area contributed by atoms with Gasteiger partial charge in [0.2, 0.25) is 0 Å². The number of nitriles is 1. The molecule has 13 heavy (non-hydrogen) atoms. The van der Waals surface area contributed by atoms with Gasteiger partial charge in [0.05, 0.1) is 25.0 Å². The van der Waals surface area contributed by atoms with Crippen LogP contribution in [0.4, 0.5) is 0 Å². The van der Waals surface area contributed by atoms with Gasteiger partial charge in [-0.25, -0.2) is 0 Å². The van der Waals surface area contributed by atoms with Gasteiger partial charge in [-0.15, -0.1) is 0 Å². The third-order valence-corrected chi connectivity index (χ3v) is 2.76. The van der Waals surface area contributed by atoms with Crippen molar-refractivity contribution in [3.05, 3.63) is 0 Å². The SMILES string of the molecule is COC(=O)CC1(C#N)CCCCC1. The van der Waals surface area contributed by atoms with Crippen molar-refractivity contribution in [2.24, 2.45) is 5.41 Å². The van der Waals surface area contributed by atoms with E-state index in [1.54, 1.807) is 0 Å². The third kappa shape index (κ3) is 2.45. The Morgan fingerprint density at radius 1 is 1.46 bits per heavy atom. The summed E-state index contributed by atoms with van der Waals surface area (Å²) in [5.74, 6) is -0.261. The topological polar surface area (TPSA) is 50.1 Å². The van der Waals surface area contributed by atoms with Crippen molar-refractivity contribution >= 4 is 5.97 Å². The Labute approximate surface area is 78.7 Å². The molecule has 1 aliphatic carbocycles. The molecule has 0 radical (unpaired) electrons. The zero-order valence-corrected chi connectivity index (χ0v) is 8.01. The smallest absolute Gasteiger partial charge is 0.307 e. The summed E-state index contributed by atoms with van der Waals surface area (Å²) in [6, 6.07) is 2.28. The average Bonchev–Trinajstić information content (AvgIpc) is 2.19. The minimum absolute atomic E-state index is 0.261. The van der Waals surface area contributed by atoms with Crippen LogP contribution in [0.5, 0.6) is 0 Å². The lowest BCUT2D eigenvalue weighted by Gasteiger charge is -2.29. The third-order valence-electron chi connectivity index (χ3n) is 2.76. The zero-order chi connectivity index (χ0) is 9.73. The molecule has 0 heterocycles. The predicted molar refractivity (Wildman–Crippen MR) is 47.8 cm³/mol. The zero-order valence-electron chi connectivity index (χ0n) is 8.01. The van der Waals surface area contributed by atoms with E-state index in [4.69, 9.17) is 5.26 Å². The molecule has 0 atom stereocenters. The Bertz CT molecular complexity index is 224. The van der Waals surface area contributed by atoms with Gasteiger partial charge in [-0.2, -0.15) is 5.26 Å². The van der Waals surface area contributed by atoms with Crippen molar-refractivity contribution in [2.75, 3.05) is 7.11 Å². The molecule has 0 spiro atoms. The van der Waals surface area contributed by atoms with Crippen molar-refractivity contribution in [1.82, 2.24) is 0 Å². The van der Waals surface area contributed by atoms with Crippen molar-refractivity contribution < 1.29 is 9.53 Å². The molecule has 1 rings (SSSR count). The normalized spacial score (nSPS) is 20.3. The number of methoxy groups -OCH3 is 1. The standard InChI is InChI=1S/C10H15NO2/c1-13-9(12)7-10(8-11)5-3-2-4-6-10/h2-7H2,1H3. The summed E-state index contributed by atoms with van der Waals surface area (Å²) in [6.45, 7) is 0. The minimum Gasteiger partial charge on any atom is -0.469 e. The van der Waals surface area contributed by atoms with Crippen LogP contribution >= 0.6 is 0 Å². The predicted octanol–water partition coefficient (Wildman–Crippen LogP) is 2.02. The summed E-state index contributed by atoms with van der Waals surface area (Å²) in [4.78, 5) is 11.1. The number of hydrogen-bond donors (Lipinski definition) is 0. The fourth-order valence-electron chi connectivity index (χ4n) is 1.91. The highest BCUT2D eigenvalue weighted by Gasteiger charge is 2.34. The monoisotopic (exact) mass is 181 g/mol. The summed E-state index contributed by atoms with van der Waals surface area (Å²) in [5.41, 5.74) is -0.425. The van der Waals surface area contributed by atoms with E-state index in [0.29, 0.717) is 0 Å². The minimum atomic E-state index is -0.425. The van der Waals surface area contributed by atoms with Crippen LogP contribution in [0, 0.1) is 16.7 Å². The van der Waals surface area contributed by atoms with Crippen molar-refractivity contribution in [3.63, 3.8) is 0 Å². The van der Waals surface area contributed by atoms with Gasteiger partial charge in [0.15, 0.2) is 0 Å². The van der Waals surface area contributed by atoms with Crippen LogP contribution in [0.3, 0.4) is 0 Å². The number of ether oxygens (including phenoxy) is 1. The molecule has 1 fully saturated rings. The van der Waals surface area contributed by atoms with Crippen LogP contribution < -0.4 is 0 Å². The summed E-state index contributed by atoms with van der Waals surface area (Å²) in [6.07, 6.45) is 5.26. The van der Waals surface area contributed by atoms with E-state index in [-0.39, 0.29) is 12.4 Å². The molecule has 0 amide bonds. The molecular weight excluding hydrogens is 166 g/mol. The van der Waals surface area contributed by atoms with Crippen LogP contribution in [-0.4, -0.2) is 13.1 Å². The van der Waals surface area contributed by atoms with Crippen LogP contribution in [-0.2, 0) is 9.53 Å². The van der Waals surface area contributed by atoms with E-state index in [2.05, 4.69) is 10.8 Å². The van der Waals surface area contributed by atoms with E-state index in [9.17, 15) is 4.79 Å². The molecular formula is C10H15NO2. The van der Waals surface area contributed by atoms with Gasteiger partial charge in [0.25, 0.3) is 0 Å². The van der Waals surface area contributed by atoms with Crippen molar-refractivity contribution in [2.45, 2.75) is 38.5 Å². The summed E-state index contributed by atoms with van der Waals surface area (Å²) < 4.78 is 4.59. The molecule has 0 aliphatic heterocycles. The van der Waals surface area contributed by atoms with Gasteiger partial charge in [-0.3, -0.25) is 4.79 Å². The molecule has 0 N–H and O–H groups in total. The molecule has 0 aromatic heterocycles. The number of esters is 1. The Morgan fingerprint density at radius 2 is 2.08 bits per heavy atom. The van der Waals surface area contributed by atoms with Crippen LogP contribution in [0.1, 0.15) is 38.5 Å². The van der Waals surface area contributed by atoms with E-state index < -0.39 is 5.41 Å². The number of carbonyl (C=O) groups is 1. The largest absolute Gasteiger partial charge is 0.469 e. The molecule has 3 heteroatoms. The molecule has 0 unspecified atom stereocenters. The van der Waals surface area contributed by atoms with Gasteiger partial charge < -0.3 is 4.74 Å². The molecule has 0 bridgehead atoms. The van der Waals surface area contributed by atoms with Crippen LogP contribution in [0.2, 0.25) is 0 Å². The molecule has 0 aromatic carbocycles. The summed E-state index contributed by atoms with van der Waals surface area (Å²) in [5, 5.41) is 9.03. The van der Waals surface area contributed by atoms with Gasteiger partial charge >= 0.3 is 5.97 Å². The van der Waals surface area contributed by atoms with Crippen molar-refractivity contribution in [3.8, 4) is 6.07 Å². The summed E-state index contributed by atoms with van der Waals surface area (Å²) >= 11 is 0. The molecule has 0 saturated heterocycles. The lowest BCUT2D eigenvalue weighted by atomic mass is 9.73. The van der Waals surface area contributed by atoms with Crippen LogP contribution in [0.15, 0.2) is 0 Å². The lowest BCUT2D eigenvalue weighted by molar-refractivity contribution is -0.143. The fourth-order valence-corrected chi connectivity index (χ4v) is 1.91. The maximum atomic E-state index is 11.1. The highest BCUT2D eigenvalue weighted by atomic mass is 16.5. The second-order valence-electron chi connectivity index (χ2n) is 3.71. The van der Waals surface area contributed by atoms with Gasteiger partial charge in [-0.1, -0.05) is 19.3 Å². The van der Waals surface area contributed by atoms with E-state index in [1.807, 2.05) is 0 Å². The Hall–Kier alpha value is -1.04. The van der Waals surface area contributed by atoms with Crippen LogP contribution in [0.25, 0.3) is 0 Å². The Kier molecular flexibility index (Phi) is 3.30. The summed E-state index contributed by atoms with van der Waals surface area (Å²) in [7, 11) is 1.37. The number of carbonyl (C=O) groups excluding carboxylic acids is 1. The Balaban J connectivity index is 2.59. The quantitative estimate of drug-likeness (QED) is 0.612. The highest BCUT2D eigenvalue weighted by Crippen LogP contribution is 2.38. The highest BCUT2D eigenvalue weighted by molar-refractivity contribution is 5.70. The van der Waals surface area contributed by atoms with Gasteiger partial charge in [0, 0.05) is 0 Å². The van der Waals surface area contributed by atoms with Crippen molar-refractivity contribution in [1.29, 1.82) is 5.26 Å². The first-order valence-corrected chi connectivity index (χ1v) is 4.70. The number of hydrogen-bond acceptors (Lipinski definition) is 3. The van der Waals surface area contributed by atoms with E-state index >= 15 is 0 Å². The second kappa shape index (κ2) is 4.27. The number of nitrogens with zero attached hydrogens (tertiary/aromatic N) is 1. The second-order valence-corrected chi connectivity index (χ2v) is 3.71. The average molecular weight is 181 g/mol. The van der Waals surface area contributed by atoms with E-state index in [1.165, 1.54) is 13.5 Å². The maximum absolute atomic E-state index is 11.1. The molecule has 0 aromatic rings. The first-order valence-electron chi connectivity index (χ1n) is 4.70. The molecule has 1 aliphatic rings.